The summed E-state index contributed by atoms with van der Waals surface area (Å²) >= 11 is 0. The molecule has 0 atom stereocenters. The Balaban J connectivity index is 1.86. The van der Waals surface area contributed by atoms with Crippen LogP contribution in [0.3, 0.4) is 0 Å². The van der Waals surface area contributed by atoms with Gasteiger partial charge in [0.15, 0.2) is 0 Å². The first-order valence-corrected chi connectivity index (χ1v) is 9.13. The van der Waals surface area contributed by atoms with Gasteiger partial charge < -0.3 is 15.4 Å². The zero-order valence-electron chi connectivity index (χ0n) is 15.8. The number of hydrogen-bond acceptors (Lipinski definition) is 5. The van der Waals surface area contributed by atoms with Gasteiger partial charge in [0.05, 0.1) is 7.11 Å². The molecule has 0 saturated heterocycles. The van der Waals surface area contributed by atoms with Crippen LogP contribution in [0, 0.1) is 6.92 Å². The zero-order valence-corrected chi connectivity index (χ0v) is 15.8. The molecule has 0 bridgehead atoms. The average Bonchev–Trinajstić information content (AvgIpc) is 2.65. The van der Waals surface area contributed by atoms with Gasteiger partial charge in [0, 0.05) is 19.2 Å². The van der Waals surface area contributed by atoms with Crippen molar-refractivity contribution in [3.05, 3.63) is 47.4 Å². The SMILES string of the molecule is CCCCCNc1cc(C(=O)NCCc2ccc(OC)cc2)nc(C)n1. The zero-order chi connectivity index (χ0) is 18.8. The van der Waals surface area contributed by atoms with Crippen molar-refractivity contribution in [2.45, 2.75) is 39.5 Å². The van der Waals surface area contributed by atoms with Crippen LogP contribution in [0.5, 0.6) is 5.75 Å². The summed E-state index contributed by atoms with van der Waals surface area (Å²) in [6.45, 7) is 5.37. The van der Waals surface area contributed by atoms with Crippen molar-refractivity contribution < 1.29 is 9.53 Å². The van der Waals surface area contributed by atoms with Crippen LogP contribution in [-0.2, 0) is 6.42 Å². The van der Waals surface area contributed by atoms with Crippen LogP contribution in [0.15, 0.2) is 30.3 Å². The third-order valence-corrected chi connectivity index (χ3v) is 4.02. The van der Waals surface area contributed by atoms with Crippen LogP contribution < -0.4 is 15.4 Å². The molecule has 0 saturated carbocycles. The van der Waals surface area contributed by atoms with E-state index in [1.54, 1.807) is 20.1 Å². The van der Waals surface area contributed by atoms with Crippen molar-refractivity contribution in [1.82, 2.24) is 15.3 Å². The minimum atomic E-state index is -0.180. The number of carbonyl (C=O) groups excluding carboxylic acids is 1. The lowest BCUT2D eigenvalue weighted by atomic mass is 10.1. The van der Waals surface area contributed by atoms with E-state index in [4.69, 9.17) is 4.74 Å². The van der Waals surface area contributed by atoms with Crippen LogP contribution in [0.25, 0.3) is 0 Å². The second kappa shape index (κ2) is 10.4. The molecule has 2 aromatic rings. The van der Waals surface area contributed by atoms with Gasteiger partial charge in [-0.3, -0.25) is 4.79 Å². The summed E-state index contributed by atoms with van der Waals surface area (Å²) in [4.78, 5) is 21.0. The predicted octanol–water partition coefficient (Wildman–Crippen LogP) is 3.37. The molecule has 26 heavy (non-hydrogen) atoms. The highest BCUT2D eigenvalue weighted by Crippen LogP contribution is 2.11. The first kappa shape index (κ1) is 19.7. The monoisotopic (exact) mass is 356 g/mol. The number of benzene rings is 1. The van der Waals surface area contributed by atoms with Crippen molar-refractivity contribution in [2.75, 3.05) is 25.5 Å². The third-order valence-electron chi connectivity index (χ3n) is 4.02. The van der Waals surface area contributed by atoms with Gasteiger partial charge in [-0.2, -0.15) is 0 Å². The number of aryl methyl sites for hydroxylation is 1. The molecular formula is C20H28N4O2. The maximum Gasteiger partial charge on any atom is 0.270 e. The number of anilines is 1. The van der Waals surface area contributed by atoms with Crippen LogP contribution >= 0.6 is 0 Å². The lowest BCUT2D eigenvalue weighted by Crippen LogP contribution is -2.27. The van der Waals surface area contributed by atoms with Crippen molar-refractivity contribution in [3.63, 3.8) is 0 Å². The highest BCUT2D eigenvalue weighted by Gasteiger charge is 2.10. The highest BCUT2D eigenvalue weighted by atomic mass is 16.5. The number of amides is 1. The van der Waals surface area contributed by atoms with Gasteiger partial charge in [-0.1, -0.05) is 31.9 Å². The average molecular weight is 356 g/mol. The topological polar surface area (TPSA) is 76.1 Å². The molecular weight excluding hydrogens is 328 g/mol. The Bertz CT molecular complexity index is 701. The number of ether oxygens (including phenoxy) is 1. The fourth-order valence-corrected chi connectivity index (χ4v) is 2.57. The second-order valence-corrected chi connectivity index (χ2v) is 6.17. The quantitative estimate of drug-likeness (QED) is 0.638. The van der Waals surface area contributed by atoms with Gasteiger partial charge in [0.2, 0.25) is 0 Å². The molecule has 0 radical (unpaired) electrons. The number of nitrogens with zero attached hydrogens (tertiary/aromatic N) is 2. The van der Waals surface area contributed by atoms with Crippen molar-refractivity contribution in [1.29, 1.82) is 0 Å². The molecule has 2 N–H and O–H groups in total. The Morgan fingerprint density at radius 1 is 1.12 bits per heavy atom. The molecule has 0 aliphatic rings. The summed E-state index contributed by atoms with van der Waals surface area (Å²) in [5, 5.41) is 6.18. The standard InChI is InChI=1S/C20H28N4O2/c1-4-5-6-12-21-19-14-18(23-15(2)24-19)20(25)22-13-11-16-7-9-17(26-3)10-8-16/h7-10,14H,4-6,11-13H2,1-3H3,(H,22,25)(H,21,23,24). The number of methoxy groups -OCH3 is 1. The number of unbranched alkanes of at least 4 members (excludes halogenated alkanes) is 2. The van der Waals surface area contributed by atoms with Crippen LogP contribution in [-0.4, -0.2) is 36.1 Å². The van der Waals surface area contributed by atoms with E-state index in [1.165, 1.54) is 12.8 Å². The molecule has 6 nitrogen and oxygen atoms in total. The van der Waals surface area contributed by atoms with Crippen molar-refractivity contribution in [3.8, 4) is 5.75 Å². The minimum absolute atomic E-state index is 0.180. The van der Waals surface area contributed by atoms with Crippen LogP contribution in [0.2, 0.25) is 0 Å². The van der Waals surface area contributed by atoms with Gasteiger partial charge in [-0.25, -0.2) is 9.97 Å². The van der Waals surface area contributed by atoms with Gasteiger partial charge in [-0.05, 0) is 37.5 Å². The van der Waals surface area contributed by atoms with E-state index in [1.807, 2.05) is 24.3 Å². The Kier molecular flexibility index (Phi) is 7.86. The molecule has 1 aromatic heterocycles. The van der Waals surface area contributed by atoms with Gasteiger partial charge in [-0.15, -0.1) is 0 Å². The predicted molar refractivity (Wildman–Crippen MR) is 104 cm³/mol. The molecule has 0 fully saturated rings. The van der Waals surface area contributed by atoms with Gasteiger partial charge >= 0.3 is 0 Å². The lowest BCUT2D eigenvalue weighted by Gasteiger charge is -2.09. The van der Waals surface area contributed by atoms with E-state index < -0.39 is 0 Å². The first-order chi connectivity index (χ1) is 12.6. The Morgan fingerprint density at radius 2 is 1.88 bits per heavy atom. The molecule has 1 aromatic carbocycles. The molecule has 0 spiro atoms. The highest BCUT2D eigenvalue weighted by molar-refractivity contribution is 5.92. The Labute approximate surface area is 155 Å². The molecule has 0 unspecified atom stereocenters. The van der Waals surface area contributed by atoms with Gasteiger partial charge in [0.1, 0.15) is 23.1 Å². The number of aromatic nitrogens is 2. The summed E-state index contributed by atoms with van der Waals surface area (Å²) in [6.07, 6.45) is 4.19. The van der Waals surface area contributed by atoms with E-state index in [-0.39, 0.29) is 5.91 Å². The maximum atomic E-state index is 12.4. The summed E-state index contributed by atoms with van der Waals surface area (Å²) in [6, 6.07) is 9.54. The van der Waals surface area contributed by atoms with Crippen molar-refractivity contribution >= 4 is 11.7 Å². The summed E-state index contributed by atoms with van der Waals surface area (Å²) < 4.78 is 5.14. The van der Waals surface area contributed by atoms with E-state index >= 15 is 0 Å². The molecule has 6 heteroatoms. The summed E-state index contributed by atoms with van der Waals surface area (Å²) in [5.74, 6) is 1.94. The lowest BCUT2D eigenvalue weighted by molar-refractivity contribution is 0.0949. The summed E-state index contributed by atoms with van der Waals surface area (Å²) in [5.41, 5.74) is 1.54. The number of nitrogens with one attached hydrogen (secondary N) is 2. The molecule has 0 aliphatic carbocycles. The fraction of sp³-hybridized carbons (Fsp3) is 0.450. The molecule has 140 valence electrons. The molecule has 0 aliphatic heterocycles. The molecule has 2 rings (SSSR count). The fourth-order valence-electron chi connectivity index (χ4n) is 2.57. The van der Waals surface area contributed by atoms with Crippen LogP contribution in [0.1, 0.15) is 48.1 Å². The second-order valence-electron chi connectivity index (χ2n) is 6.17. The first-order valence-electron chi connectivity index (χ1n) is 9.13. The molecule has 1 heterocycles. The van der Waals surface area contributed by atoms with Gasteiger partial charge in [0.25, 0.3) is 5.91 Å². The van der Waals surface area contributed by atoms with E-state index in [0.717, 1.165) is 30.7 Å². The van der Waals surface area contributed by atoms with E-state index in [9.17, 15) is 4.79 Å². The third kappa shape index (κ3) is 6.35. The van der Waals surface area contributed by atoms with E-state index in [2.05, 4.69) is 27.5 Å². The minimum Gasteiger partial charge on any atom is -0.497 e. The number of rotatable bonds is 10. The largest absolute Gasteiger partial charge is 0.497 e. The van der Waals surface area contributed by atoms with Crippen molar-refractivity contribution in [2.24, 2.45) is 0 Å². The molecule has 1 amide bonds. The van der Waals surface area contributed by atoms with Crippen LogP contribution in [0.4, 0.5) is 5.82 Å². The number of carbonyl (C=O) groups is 1. The number of hydrogen-bond donors (Lipinski definition) is 2. The maximum absolute atomic E-state index is 12.4. The Morgan fingerprint density at radius 3 is 2.58 bits per heavy atom. The van der Waals surface area contributed by atoms with E-state index in [0.29, 0.717) is 23.9 Å². The summed E-state index contributed by atoms with van der Waals surface area (Å²) in [7, 11) is 1.64. The smallest absolute Gasteiger partial charge is 0.270 e. The Hall–Kier alpha value is -2.63. The normalized spacial score (nSPS) is 10.4.